The van der Waals surface area contributed by atoms with Gasteiger partial charge in [0.25, 0.3) is 0 Å². The minimum absolute atomic E-state index is 0.0289. The summed E-state index contributed by atoms with van der Waals surface area (Å²) in [4.78, 5) is 12.0. The SMILES string of the molecule is COc1cc(C=CC(=O)OC[C@H]2O[C@@H](SC=CCCC#N)[C@H](O)[C@@H](O)[C@@H]2O)ccc1O. The number of nitriles is 1. The fourth-order valence-electron chi connectivity index (χ4n) is 2.69. The molecule has 0 bridgehead atoms. The number of aromatic hydroxyl groups is 1. The summed E-state index contributed by atoms with van der Waals surface area (Å²) in [6.45, 7) is -0.331. The molecule has 0 spiro atoms. The van der Waals surface area contributed by atoms with Crippen molar-refractivity contribution in [1.29, 1.82) is 5.26 Å². The maximum atomic E-state index is 12.0. The van der Waals surface area contributed by atoms with Crippen molar-refractivity contribution in [2.24, 2.45) is 0 Å². The van der Waals surface area contributed by atoms with Gasteiger partial charge >= 0.3 is 5.97 Å². The van der Waals surface area contributed by atoms with E-state index < -0.39 is 35.8 Å². The van der Waals surface area contributed by atoms with Gasteiger partial charge in [0.2, 0.25) is 0 Å². The molecule has 1 aromatic carbocycles. The molecule has 10 heteroatoms. The van der Waals surface area contributed by atoms with Crippen molar-refractivity contribution in [2.45, 2.75) is 42.7 Å². The normalized spacial score (nSPS) is 26.1. The minimum atomic E-state index is -1.47. The number of ether oxygens (including phenoxy) is 3. The van der Waals surface area contributed by atoms with E-state index in [-0.39, 0.29) is 18.1 Å². The lowest BCUT2D eigenvalue weighted by Crippen LogP contribution is -2.57. The minimum Gasteiger partial charge on any atom is -0.504 e. The van der Waals surface area contributed by atoms with Gasteiger partial charge < -0.3 is 34.6 Å². The summed E-state index contributed by atoms with van der Waals surface area (Å²) in [6, 6.07) is 6.55. The Balaban J connectivity index is 1.90. The van der Waals surface area contributed by atoms with E-state index >= 15 is 0 Å². The van der Waals surface area contributed by atoms with Crippen molar-refractivity contribution in [1.82, 2.24) is 0 Å². The van der Waals surface area contributed by atoms with Gasteiger partial charge in [-0.25, -0.2) is 4.79 Å². The van der Waals surface area contributed by atoms with Crippen LogP contribution in [0.25, 0.3) is 6.08 Å². The number of carbonyl (C=O) groups excluding carboxylic acids is 1. The van der Waals surface area contributed by atoms with Gasteiger partial charge in [-0.05, 0) is 35.6 Å². The highest BCUT2D eigenvalue weighted by molar-refractivity contribution is 8.02. The Morgan fingerprint density at radius 2 is 2.06 bits per heavy atom. The molecule has 1 fully saturated rings. The molecule has 1 heterocycles. The highest BCUT2D eigenvalue weighted by Crippen LogP contribution is 2.30. The third-order valence-electron chi connectivity index (χ3n) is 4.41. The maximum absolute atomic E-state index is 12.0. The summed E-state index contributed by atoms with van der Waals surface area (Å²) in [7, 11) is 1.41. The molecular formula is C21H25NO8S. The first kappa shape index (κ1) is 24.7. The first-order chi connectivity index (χ1) is 14.9. The van der Waals surface area contributed by atoms with Crippen LogP contribution in [0.15, 0.2) is 35.8 Å². The molecule has 31 heavy (non-hydrogen) atoms. The molecule has 0 saturated carbocycles. The van der Waals surface area contributed by atoms with Gasteiger partial charge in [-0.3, -0.25) is 0 Å². The Labute approximate surface area is 184 Å². The van der Waals surface area contributed by atoms with Crippen LogP contribution in [-0.4, -0.2) is 70.0 Å². The number of aliphatic hydroxyl groups is 3. The van der Waals surface area contributed by atoms with E-state index in [0.717, 1.165) is 17.8 Å². The van der Waals surface area contributed by atoms with Crippen LogP contribution in [0.1, 0.15) is 18.4 Å². The maximum Gasteiger partial charge on any atom is 0.330 e. The van der Waals surface area contributed by atoms with E-state index in [4.69, 9.17) is 19.5 Å². The summed E-state index contributed by atoms with van der Waals surface area (Å²) >= 11 is 1.09. The van der Waals surface area contributed by atoms with Crippen molar-refractivity contribution < 1.29 is 39.4 Å². The van der Waals surface area contributed by atoms with E-state index in [1.54, 1.807) is 17.6 Å². The van der Waals surface area contributed by atoms with Crippen molar-refractivity contribution in [3.8, 4) is 17.6 Å². The van der Waals surface area contributed by atoms with Crippen LogP contribution in [0.2, 0.25) is 0 Å². The van der Waals surface area contributed by atoms with Crippen molar-refractivity contribution in [2.75, 3.05) is 13.7 Å². The molecule has 2 rings (SSSR count). The Morgan fingerprint density at radius 3 is 2.77 bits per heavy atom. The fourth-order valence-corrected chi connectivity index (χ4v) is 3.62. The number of esters is 1. The molecule has 1 aliphatic heterocycles. The zero-order valence-electron chi connectivity index (χ0n) is 16.8. The third-order valence-corrected chi connectivity index (χ3v) is 5.41. The molecule has 4 N–H and O–H groups in total. The van der Waals surface area contributed by atoms with Gasteiger partial charge in [0.15, 0.2) is 11.5 Å². The van der Waals surface area contributed by atoms with E-state index in [2.05, 4.69) is 0 Å². The number of allylic oxidation sites excluding steroid dienone is 1. The molecule has 0 radical (unpaired) electrons. The second-order valence-electron chi connectivity index (χ2n) is 6.61. The quantitative estimate of drug-likeness (QED) is 0.246. The first-order valence-corrected chi connectivity index (χ1v) is 10.4. The first-order valence-electron chi connectivity index (χ1n) is 9.46. The third kappa shape index (κ3) is 7.27. The zero-order valence-corrected chi connectivity index (χ0v) is 17.6. The summed E-state index contributed by atoms with van der Waals surface area (Å²) in [5, 5.41) is 50.0. The molecule has 168 valence electrons. The van der Waals surface area contributed by atoms with E-state index in [1.165, 1.54) is 25.3 Å². The second kappa shape index (κ2) is 12.3. The average Bonchev–Trinajstić information content (AvgIpc) is 2.77. The standard InChI is InChI=1S/C21H25NO8S/c1-28-15-11-13(5-7-14(15)23)6-8-17(24)29-12-16-18(25)19(26)20(27)21(30-16)31-10-4-2-3-9-22/h4-8,10-11,16,18-21,23,25-27H,2-3,12H2,1H3/t16-,18-,19+,20-,21+/m1/s1. The number of unbranched alkanes of at least 4 members (excludes halogenated alkanes) is 1. The lowest BCUT2D eigenvalue weighted by molar-refractivity contribution is -0.209. The Hall–Kier alpha value is -2.55. The average molecular weight is 451 g/mol. The molecule has 0 unspecified atom stereocenters. The fraction of sp³-hybridized carbons (Fsp3) is 0.429. The van der Waals surface area contributed by atoms with Crippen molar-refractivity contribution in [3.63, 3.8) is 0 Å². The van der Waals surface area contributed by atoms with Crippen molar-refractivity contribution in [3.05, 3.63) is 41.3 Å². The number of nitrogens with zero attached hydrogens (tertiary/aromatic N) is 1. The molecule has 1 aromatic rings. The predicted molar refractivity (Wildman–Crippen MR) is 113 cm³/mol. The zero-order chi connectivity index (χ0) is 22.8. The lowest BCUT2D eigenvalue weighted by atomic mass is 10.0. The lowest BCUT2D eigenvalue weighted by Gasteiger charge is -2.39. The number of phenolic OH excluding ortho intramolecular Hbond substituents is 1. The molecule has 9 nitrogen and oxygen atoms in total. The van der Waals surface area contributed by atoms with E-state index in [0.29, 0.717) is 18.4 Å². The number of benzene rings is 1. The monoisotopic (exact) mass is 451 g/mol. The topological polar surface area (TPSA) is 149 Å². The van der Waals surface area contributed by atoms with Gasteiger partial charge in [-0.15, -0.1) is 0 Å². The van der Waals surface area contributed by atoms with Crippen LogP contribution < -0.4 is 4.74 Å². The van der Waals surface area contributed by atoms with Crippen LogP contribution >= 0.6 is 11.8 Å². The van der Waals surface area contributed by atoms with Gasteiger partial charge in [0.05, 0.1) is 13.2 Å². The number of hydrogen-bond donors (Lipinski definition) is 4. The Morgan fingerprint density at radius 1 is 1.29 bits per heavy atom. The number of methoxy groups -OCH3 is 1. The molecule has 5 atom stereocenters. The van der Waals surface area contributed by atoms with Gasteiger partial charge in [-0.2, -0.15) is 5.26 Å². The van der Waals surface area contributed by atoms with Gasteiger partial charge in [0.1, 0.15) is 36.5 Å². The smallest absolute Gasteiger partial charge is 0.330 e. The summed E-state index contributed by atoms with van der Waals surface area (Å²) < 4.78 is 15.7. The molecule has 0 amide bonds. The number of aliphatic hydroxyl groups excluding tert-OH is 3. The highest BCUT2D eigenvalue weighted by Gasteiger charge is 2.44. The van der Waals surface area contributed by atoms with E-state index in [1.807, 2.05) is 6.07 Å². The summed E-state index contributed by atoms with van der Waals surface area (Å²) in [5.74, 6) is -0.477. The Bertz CT molecular complexity index is 837. The van der Waals surface area contributed by atoms with Crippen LogP contribution in [0.4, 0.5) is 0 Å². The molecule has 1 saturated heterocycles. The number of phenols is 1. The summed E-state index contributed by atoms with van der Waals surface area (Å²) in [5.41, 5.74) is -0.279. The number of carbonyl (C=O) groups is 1. The molecule has 0 aromatic heterocycles. The molecule has 0 aliphatic carbocycles. The Kier molecular flexibility index (Phi) is 9.84. The second-order valence-corrected chi connectivity index (χ2v) is 7.62. The van der Waals surface area contributed by atoms with Crippen LogP contribution in [0, 0.1) is 11.3 Å². The summed E-state index contributed by atoms with van der Waals surface area (Å²) in [6.07, 6.45) is -0.0175. The number of thioether (sulfide) groups is 1. The van der Waals surface area contributed by atoms with Gasteiger partial charge in [0, 0.05) is 12.5 Å². The number of rotatable bonds is 9. The highest BCUT2D eigenvalue weighted by atomic mass is 32.2. The molecule has 1 aliphatic rings. The van der Waals surface area contributed by atoms with Crippen LogP contribution in [0.5, 0.6) is 11.5 Å². The van der Waals surface area contributed by atoms with Crippen molar-refractivity contribution >= 4 is 23.8 Å². The largest absolute Gasteiger partial charge is 0.504 e. The number of hydrogen-bond acceptors (Lipinski definition) is 10. The van der Waals surface area contributed by atoms with Gasteiger partial charge in [-0.1, -0.05) is 23.9 Å². The van der Waals surface area contributed by atoms with E-state index in [9.17, 15) is 25.2 Å². The van der Waals surface area contributed by atoms with Crippen LogP contribution in [-0.2, 0) is 14.3 Å². The molecular weight excluding hydrogens is 426 g/mol. The predicted octanol–water partition coefficient (Wildman–Crippen LogP) is 1.32. The van der Waals surface area contributed by atoms with Crippen LogP contribution in [0.3, 0.4) is 0 Å².